The van der Waals surface area contributed by atoms with Crippen molar-refractivity contribution in [2.45, 2.75) is 63.6 Å². The molecule has 1 saturated heterocycles. The van der Waals surface area contributed by atoms with Gasteiger partial charge in [-0.2, -0.15) is 0 Å². The Morgan fingerprint density at radius 3 is 2.58 bits per heavy atom. The maximum atomic E-state index is 12.3. The molecule has 1 aromatic rings. The van der Waals surface area contributed by atoms with Crippen molar-refractivity contribution in [2.75, 3.05) is 18.0 Å². The molecule has 3 atom stereocenters. The number of urea groups is 1. The summed E-state index contributed by atoms with van der Waals surface area (Å²) in [6.45, 7) is 3.96. The summed E-state index contributed by atoms with van der Waals surface area (Å²) in [4.78, 5) is 14.6. The van der Waals surface area contributed by atoms with Crippen LogP contribution in [0.1, 0.15) is 44.1 Å². The molecule has 3 rings (SSSR count). The molecule has 1 heterocycles. The van der Waals surface area contributed by atoms with Crippen LogP contribution in [0.25, 0.3) is 0 Å². The third-order valence-electron chi connectivity index (χ3n) is 5.20. The number of hydrogen-bond acceptors (Lipinski definition) is 3. The summed E-state index contributed by atoms with van der Waals surface area (Å²) >= 11 is 0. The van der Waals surface area contributed by atoms with Gasteiger partial charge in [-0.3, -0.25) is 0 Å². The van der Waals surface area contributed by atoms with Crippen molar-refractivity contribution in [3.05, 3.63) is 29.8 Å². The van der Waals surface area contributed by atoms with Gasteiger partial charge in [0.2, 0.25) is 0 Å². The van der Waals surface area contributed by atoms with Crippen LogP contribution in [0.3, 0.4) is 0 Å². The molecular formula is C19H29N3O2. The fourth-order valence-corrected chi connectivity index (χ4v) is 3.76. The van der Waals surface area contributed by atoms with Gasteiger partial charge in [-0.05, 0) is 44.7 Å². The van der Waals surface area contributed by atoms with E-state index >= 15 is 0 Å². The zero-order valence-electron chi connectivity index (χ0n) is 14.5. The van der Waals surface area contributed by atoms with E-state index in [0.717, 1.165) is 51.6 Å². The van der Waals surface area contributed by atoms with E-state index in [2.05, 4.69) is 46.7 Å². The second-order valence-corrected chi connectivity index (χ2v) is 7.20. The number of carbonyl (C=O) groups is 1. The zero-order valence-corrected chi connectivity index (χ0v) is 14.5. The van der Waals surface area contributed by atoms with Crippen LogP contribution in [0.15, 0.2) is 24.3 Å². The maximum absolute atomic E-state index is 12.3. The Morgan fingerprint density at radius 2 is 1.83 bits per heavy atom. The quantitative estimate of drug-likeness (QED) is 0.797. The van der Waals surface area contributed by atoms with Gasteiger partial charge in [0.1, 0.15) is 0 Å². The highest BCUT2D eigenvalue weighted by Crippen LogP contribution is 2.21. The van der Waals surface area contributed by atoms with Gasteiger partial charge in [-0.1, -0.05) is 30.5 Å². The molecule has 0 spiro atoms. The number of hydrogen-bond donors (Lipinski definition) is 3. The topological polar surface area (TPSA) is 64.6 Å². The number of anilines is 1. The number of nitrogens with one attached hydrogen (secondary N) is 2. The lowest BCUT2D eigenvalue weighted by molar-refractivity contribution is 0.0939. The standard InChI is InChI=1S/C19H29N3O2/c1-14-8-10-16(11-9-14)22-12-4-5-15(13-22)20-19(24)21-17-6-2-3-7-18(17)23/h8-11,15,17-18,23H,2-7,12-13H2,1H3,(H2,20,21,24). The predicted molar refractivity (Wildman–Crippen MR) is 96.3 cm³/mol. The minimum Gasteiger partial charge on any atom is -0.391 e. The van der Waals surface area contributed by atoms with Crippen molar-refractivity contribution in [3.8, 4) is 0 Å². The van der Waals surface area contributed by atoms with Crippen LogP contribution in [0.5, 0.6) is 0 Å². The Hall–Kier alpha value is -1.75. The molecule has 0 bridgehead atoms. The molecule has 0 aromatic heterocycles. The molecule has 1 aliphatic carbocycles. The summed E-state index contributed by atoms with van der Waals surface area (Å²) < 4.78 is 0. The highest BCUT2D eigenvalue weighted by atomic mass is 16.3. The number of nitrogens with zero attached hydrogens (tertiary/aromatic N) is 1. The van der Waals surface area contributed by atoms with Crippen LogP contribution < -0.4 is 15.5 Å². The Labute approximate surface area is 144 Å². The molecule has 2 aliphatic rings. The lowest BCUT2D eigenvalue weighted by Gasteiger charge is -2.35. The maximum Gasteiger partial charge on any atom is 0.315 e. The van der Waals surface area contributed by atoms with Crippen molar-refractivity contribution < 1.29 is 9.90 Å². The molecule has 1 aliphatic heterocycles. The Morgan fingerprint density at radius 1 is 1.08 bits per heavy atom. The molecule has 1 aromatic carbocycles. The van der Waals surface area contributed by atoms with Gasteiger partial charge in [0.25, 0.3) is 0 Å². The summed E-state index contributed by atoms with van der Waals surface area (Å²) in [5.74, 6) is 0. The Bertz CT molecular complexity index is 546. The second kappa shape index (κ2) is 7.88. The summed E-state index contributed by atoms with van der Waals surface area (Å²) in [5.41, 5.74) is 2.48. The van der Waals surface area contributed by atoms with Crippen LogP contribution in [0.4, 0.5) is 10.5 Å². The third-order valence-corrected chi connectivity index (χ3v) is 5.20. The van der Waals surface area contributed by atoms with Gasteiger partial charge in [-0.15, -0.1) is 0 Å². The van der Waals surface area contributed by atoms with Crippen molar-refractivity contribution in [1.29, 1.82) is 0 Å². The van der Waals surface area contributed by atoms with Crippen LogP contribution >= 0.6 is 0 Å². The number of benzene rings is 1. The lowest BCUT2D eigenvalue weighted by Crippen LogP contribution is -2.54. The number of amides is 2. The van der Waals surface area contributed by atoms with Crippen LogP contribution in [0, 0.1) is 6.92 Å². The van der Waals surface area contributed by atoms with E-state index in [-0.39, 0.29) is 18.1 Å². The van der Waals surface area contributed by atoms with Crippen molar-refractivity contribution in [1.82, 2.24) is 10.6 Å². The Balaban J connectivity index is 1.51. The number of aliphatic hydroxyl groups is 1. The number of aliphatic hydroxyl groups excluding tert-OH is 1. The summed E-state index contributed by atoms with van der Waals surface area (Å²) in [7, 11) is 0. The molecular weight excluding hydrogens is 302 g/mol. The monoisotopic (exact) mass is 331 g/mol. The number of rotatable bonds is 3. The first-order valence-corrected chi connectivity index (χ1v) is 9.18. The van der Waals surface area contributed by atoms with Gasteiger partial charge in [-0.25, -0.2) is 4.79 Å². The minimum atomic E-state index is -0.403. The van der Waals surface area contributed by atoms with Gasteiger partial charge in [0.15, 0.2) is 0 Å². The molecule has 1 saturated carbocycles. The molecule has 24 heavy (non-hydrogen) atoms. The van der Waals surface area contributed by atoms with E-state index in [4.69, 9.17) is 0 Å². The summed E-state index contributed by atoms with van der Waals surface area (Å²) in [5, 5.41) is 16.0. The van der Waals surface area contributed by atoms with Crippen molar-refractivity contribution in [3.63, 3.8) is 0 Å². The van der Waals surface area contributed by atoms with Crippen LogP contribution in [0.2, 0.25) is 0 Å². The van der Waals surface area contributed by atoms with Gasteiger partial charge in [0.05, 0.1) is 12.1 Å². The molecule has 5 heteroatoms. The van der Waals surface area contributed by atoms with E-state index in [0.29, 0.717) is 0 Å². The van der Waals surface area contributed by atoms with E-state index in [1.807, 2.05) is 0 Å². The first-order chi connectivity index (χ1) is 11.6. The largest absolute Gasteiger partial charge is 0.391 e. The smallest absolute Gasteiger partial charge is 0.315 e. The van der Waals surface area contributed by atoms with E-state index in [1.54, 1.807) is 0 Å². The SMILES string of the molecule is Cc1ccc(N2CCCC(NC(=O)NC3CCCCC3O)C2)cc1. The van der Waals surface area contributed by atoms with Gasteiger partial charge >= 0.3 is 6.03 Å². The van der Waals surface area contributed by atoms with Crippen molar-refractivity contribution >= 4 is 11.7 Å². The highest BCUT2D eigenvalue weighted by molar-refractivity contribution is 5.74. The highest BCUT2D eigenvalue weighted by Gasteiger charge is 2.26. The van der Waals surface area contributed by atoms with Crippen LogP contribution in [-0.2, 0) is 0 Å². The molecule has 3 N–H and O–H groups in total. The molecule has 3 unspecified atom stereocenters. The average Bonchev–Trinajstić information content (AvgIpc) is 2.58. The van der Waals surface area contributed by atoms with Crippen molar-refractivity contribution in [2.24, 2.45) is 0 Å². The van der Waals surface area contributed by atoms with E-state index in [9.17, 15) is 9.90 Å². The van der Waals surface area contributed by atoms with E-state index < -0.39 is 6.10 Å². The summed E-state index contributed by atoms with van der Waals surface area (Å²) in [6, 6.07) is 8.47. The third kappa shape index (κ3) is 4.41. The molecule has 5 nitrogen and oxygen atoms in total. The first-order valence-electron chi connectivity index (χ1n) is 9.18. The number of carbonyl (C=O) groups excluding carboxylic acids is 1. The van der Waals surface area contributed by atoms with Crippen LogP contribution in [-0.4, -0.2) is 42.4 Å². The zero-order chi connectivity index (χ0) is 16.9. The number of piperidine rings is 1. The lowest BCUT2D eigenvalue weighted by atomic mass is 9.93. The van der Waals surface area contributed by atoms with E-state index in [1.165, 1.54) is 11.3 Å². The molecule has 132 valence electrons. The second-order valence-electron chi connectivity index (χ2n) is 7.20. The molecule has 2 amide bonds. The predicted octanol–water partition coefficient (Wildman–Crippen LogP) is 2.57. The first kappa shape index (κ1) is 17.1. The normalized spacial score (nSPS) is 27.6. The molecule has 0 radical (unpaired) electrons. The average molecular weight is 331 g/mol. The fraction of sp³-hybridized carbons (Fsp3) is 0.632. The van der Waals surface area contributed by atoms with Gasteiger partial charge in [0, 0.05) is 24.8 Å². The Kier molecular flexibility index (Phi) is 5.61. The fourth-order valence-electron chi connectivity index (χ4n) is 3.76. The number of aryl methyl sites for hydroxylation is 1. The summed E-state index contributed by atoms with van der Waals surface area (Å²) in [6.07, 6.45) is 5.46. The minimum absolute atomic E-state index is 0.101. The van der Waals surface area contributed by atoms with Gasteiger partial charge < -0.3 is 20.6 Å². The molecule has 2 fully saturated rings.